The zero-order valence-corrected chi connectivity index (χ0v) is 7.88. The van der Waals surface area contributed by atoms with Gasteiger partial charge < -0.3 is 14.5 Å². The lowest BCUT2D eigenvalue weighted by atomic mass is 9.94. The molecule has 0 bridgehead atoms. The molecule has 0 radical (unpaired) electrons. The third-order valence-corrected chi connectivity index (χ3v) is 2.52. The number of piperidine rings is 1. The van der Waals surface area contributed by atoms with Crippen molar-refractivity contribution in [3.05, 3.63) is 18.6 Å². The molecule has 2 rings (SSSR count). The molecule has 1 saturated heterocycles. The first-order valence-corrected chi connectivity index (χ1v) is 4.70. The summed E-state index contributed by atoms with van der Waals surface area (Å²) in [6, 6.07) is 1.85. The summed E-state index contributed by atoms with van der Waals surface area (Å²) in [6.45, 7) is 4.23. The quantitative estimate of drug-likeness (QED) is 0.755. The van der Waals surface area contributed by atoms with E-state index in [2.05, 4.69) is 12.2 Å². The molecule has 0 unspecified atom stereocenters. The first-order valence-electron chi connectivity index (χ1n) is 4.70. The maximum atomic E-state index is 5.85. The highest BCUT2D eigenvalue weighted by molar-refractivity contribution is 5.14. The molecule has 1 N–H and O–H groups in total. The number of hydrogen-bond acceptors (Lipinski definition) is 3. The summed E-state index contributed by atoms with van der Waals surface area (Å²) in [4.78, 5) is 0. The van der Waals surface area contributed by atoms with Gasteiger partial charge in [0, 0.05) is 6.07 Å². The lowest BCUT2D eigenvalue weighted by Gasteiger charge is -2.33. The Morgan fingerprint density at radius 3 is 2.85 bits per heavy atom. The van der Waals surface area contributed by atoms with Gasteiger partial charge in [0.25, 0.3) is 0 Å². The first-order chi connectivity index (χ1) is 6.29. The molecule has 0 amide bonds. The fourth-order valence-electron chi connectivity index (χ4n) is 1.65. The Labute approximate surface area is 78.1 Å². The third kappa shape index (κ3) is 2.04. The van der Waals surface area contributed by atoms with Gasteiger partial charge in [-0.1, -0.05) is 0 Å². The Kier molecular flexibility index (Phi) is 2.27. The third-order valence-electron chi connectivity index (χ3n) is 2.52. The van der Waals surface area contributed by atoms with Crippen LogP contribution in [0.15, 0.2) is 23.0 Å². The van der Waals surface area contributed by atoms with Crippen LogP contribution in [-0.2, 0) is 0 Å². The number of hydrogen-bond donors (Lipinski definition) is 1. The highest BCUT2D eigenvalue weighted by Gasteiger charge is 2.28. The Bertz CT molecular complexity index is 250. The van der Waals surface area contributed by atoms with Gasteiger partial charge in [-0.25, -0.2) is 0 Å². The van der Waals surface area contributed by atoms with Crippen LogP contribution in [0.1, 0.15) is 19.8 Å². The number of rotatable bonds is 2. The first kappa shape index (κ1) is 8.63. The highest BCUT2D eigenvalue weighted by Crippen LogP contribution is 2.25. The van der Waals surface area contributed by atoms with E-state index in [1.165, 1.54) is 0 Å². The van der Waals surface area contributed by atoms with Crippen LogP contribution in [0, 0.1) is 0 Å². The topological polar surface area (TPSA) is 34.4 Å². The molecule has 1 aromatic heterocycles. The Balaban J connectivity index is 1.99. The lowest BCUT2D eigenvalue weighted by Crippen LogP contribution is -2.43. The predicted octanol–water partition coefficient (Wildman–Crippen LogP) is 1.80. The van der Waals surface area contributed by atoms with Crippen molar-refractivity contribution in [1.29, 1.82) is 0 Å². The number of nitrogens with one attached hydrogen (secondary N) is 1. The van der Waals surface area contributed by atoms with E-state index in [9.17, 15) is 0 Å². The second kappa shape index (κ2) is 3.42. The molecule has 2 heterocycles. The van der Waals surface area contributed by atoms with Crippen LogP contribution in [0.4, 0.5) is 0 Å². The molecule has 1 aromatic rings. The summed E-state index contributed by atoms with van der Waals surface area (Å²) >= 11 is 0. The molecule has 13 heavy (non-hydrogen) atoms. The summed E-state index contributed by atoms with van der Waals surface area (Å²) < 4.78 is 10.8. The summed E-state index contributed by atoms with van der Waals surface area (Å²) in [5.41, 5.74) is -0.0187. The van der Waals surface area contributed by atoms with Crippen LogP contribution >= 0.6 is 0 Å². The maximum Gasteiger partial charge on any atom is 0.158 e. The van der Waals surface area contributed by atoms with Crippen molar-refractivity contribution in [3.8, 4) is 5.75 Å². The fourth-order valence-corrected chi connectivity index (χ4v) is 1.65. The van der Waals surface area contributed by atoms with E-state index in [0.717, 1.165) is 31.7 Å². The van der Waals surface area contributed by atoms with Crippen molar-refractivity contribution in [2.24, 2.45) is 0 Å². The van der Waals surface area contributed by atoms with Gasteiger partial charge in [-0.3, -0.25) is 0 Å². The second-order valence-corrected chi connectivity index (χ2v) is 3.76. The lowest BCUT2D eigenvalue weighted by molar-refractivity contribution is 0.0549. The molecule has 0 aliphatic carbocycles. The van der Waals surface area contributed by atoms with E-state index in [0.29, 0.717) is 0 Å². The van der Waals surface area contributed by atoms with Crippen LogP contribution < -0.4 is 10.1 Å². The van der Waals surface area contributed by atoms with Crippen molar-refractivity contribution < 1.29 is 9.15 Å². The average Bonchev–Trinajstić information content (AvgIpc) is 2.57. The van der Waals surface area contributed by atoms with Gasteiger partial charge >= 0.3 is 0 Å². The van der Waals surface area contributed by atoms with E-state index in [-0.39, 0.29) is 5.60 Å². The maximum absolute atomic E-state index is 5.85. The molecular weight excluding hydrogens is 166 g/mol. The van der Waals surface area contributed by atoms with Gasteiger partial charge in [0.1, 0.15) is 11.9 Å². The van der Waals surface area contributed by atoms with Crippen LogP contribution in [0.3, 0.4) is 0 Å². The summed E-state index contributed by atoms with van der Waals surface area (Å²) in [6.07, 6.45) is 5.39. The Morgan fingerprint density at radius 2 is 2.23 bits per heavy atom. The molecule has 3 heteroatoms. The molecule has 0 saturated carbocycles. The van der Waals surface area contributed by atoms with Gasteiger partial charge in [-0.05, 0) is 32.9 Å². The molecule has 0 aromatic carbocycles. The van der Waals surface area contributed by atoms with E-state index in [1.807, 2.05) is 6.07 Å². The molecule has 1 aliphatic heterocycles. The zero-order valence-electron chi connectivity index (χ0n) is 7.88. The van der Waals surface area contributed by atoms with Gasteiger partial charge in [0.05, 0.1) is 6.26 Å². The van der Waals surface area contributed by atoms with Crippen LogP contribution in [0.2, 0.25) is 0 Å². The van der Waals surface area contributed by atoms with Crippen molar-refractivity contribution >= 4 is 0 Å². The Morgan fingerprint density at radius 1 is 1.46 bits per heavy atom. The normalized spacial score (nSPS) is 21.3. The second-order valence-electron chi connectivity index (χ2n) is 3.76. The molecule has 3 nitrogen and oxygen atoms in total. The van der Waals surface area contributed by atoms with Crippen molar-refractivity contribution in [1.82, 2.24) is 5.32 Å². The molecule has 72 valence electrons. The van der Waals surface area contributed by atoms with Crippen LogP contribution in [0.25, 0.3) is 0 Å². The molecule has 0 spiro atoms. The fraction of sp³-hybridized carbons (Fsp3) is 0.600. The van der Waals surface area contributed by atoms with Gasteiger partial charge in [0.2, 0.25) is 0 Å². The van der Waals surface area contributed by atoms with Crippen molar-refractivity contribution in [2.75, 3.05) is 13.1 Å². The van der Waals surface area contributed by atoms with Gasteiger partial charge in [0.15, 0.2) is 5.75 Å². The van der Waals surface area contributed by atoms with E-state index < -0.39 is 0 Å². The average molecular weight is 181 g/mol. The van der Waals surface area contributed by atoms with Crippen molar-refractivity contribution in [2.45, 2.75) is 25.4 Å². The molecular formula is C10H15NO2. The largest absolute Gasteiger partial charge is 0.484 e. The minimum Gasteiger partial charge on any atom is -0.484 e. The zero-order chi connectivity index (χ0) is 9.15. The van der Waals surface area contributed by atoms with Crippen LogP contribution in [-0.4, -0.2) is 18.7 Å². The Hall–Kier alpha value is -0.960. The van der Waals surface area contributed by atoms with E-state index >= 15 is 0 Å². The minimum atomic E-state index is -0.0187. The smallest absolute Gasteiger partial charge is 0.158 e. The molecule has 0 atom stereocenters. The molecule has 1 fully saturated rings. The highest BCUT2D eigenvalue weighted by atomic mass is 16.5. The number of ether oxygens (including phenoxy) is 1. The van der Waals surface area contributed by atoms with Crippen LogP contribution in [0.5, 0.6) is 5.75 Å². The van der Waals surface area contributed by atoms with E-state index in [1.54, 1.807) is 12.5 Å². The summed E-state index contributed by atoms with van der Waals surface area (Å²) in [5, 5.41) is 3.32. The number of furan rings is 1. The van der Waals surface area contributed by atoms with Gasteiger partial charge in [-0.2, -0.15) is 0 Å². The van der Waals surface area contributed by atoms with E-state index in [4.69, 9.17) is 9.15 Å². The summed E-state index contributed by atoms with van der Waals surface area (Å²) in [5.74, 6) is 0.837. The summed E-state index contributed by atoms with van der Waals surface area (Å²) in [7, 11) is 0. The predicted molar refractivity (Wildman–Crippen MR) is 49.8 cm³/mol. The minimum absolute atomic E-state index is 0.0187. The van der Waals surface area contributed by atoms with Crippen molar-refractivity contribution in [3.63, 3.8) is 0 Å². The van der Waals surface area contributed by atoms with Gasteiger partial charge in [-0.15, -0.1) is 0 Å². The SMILES string of the molecule is CC1(Oc2ccoc2)CCNCC1. The molecule has 1 aliphatic rings. The standard InChI is InChI=1S/C10H15NO2/c1-10(3-5-11-6-4-10)13-9-2-7-12-8-9/h2,7-8,11H,3-6H2,1H3. The monoisotopic (exact) mass is 181 g/mol.